The molecule has 0 fully saturated rings. The number of quaternary nitrogens is 1. The number of hydrogen-bond donors (Lipinski definition) is 0. The van der Waals surface area contributed by atoms with Gasteiger partial charge in [-0.3, -0.25) is 0 Å². The normalized spacial score (nSPS) is 16.1. The van der Waals surface area contributed by atoms with Crippen LogP contribution >= 0.6 is 0 Å². The van der Waals surface area contributed by atoms with Crippen molar-refractivity contribution < 1.29 is 9.43 Å². The van der Waals surface area contributed by atoms with Crippen LogP contribution in [-0.4, -0.2) is 32.6 Å². The van der Waals surface area contributed by atoms with Gasteiger partial charge in [-0.15, -0.1) is 0 Å². The summed E-state index contributed by atoms with van der Waals surface area (Å²) in [4.78, 5) is 0. The van der Waals surface area contributed by atoms with Gasteiger partial charge in [0.15, 0.2) is 11.4 Å². The molecule has 0 bridgehead atoms. The molecular formula is C17H21N3O+2. The minimum absolute atomic E-state index is 0.767. The maximum atomic E-state index is 5.38. The summed E-state index contributed by atoms with van der Waals surface area (Å²) in [6, 6.07) is 14.4. The molecule has 0 radical (unpaired) electrons. The Morgan fingerprint density at radius 2 is 1.86 bits per heavy atom. The van der Waals surface area contributed by atoms with E-state index in [0.717, 1.165) is 28.3 Å². The molecule has 0 atom stereocenters. The topological polar surface area (TPSA) is 24.6 Å². The summed E-state index contributed by atoms with van der Waals surface area (Å²) >= 11 is 0. The van der Waals surface area contributed by atoms with Crippen molar-refractivity contribution in [3.05, 3.63) is 48.0 Å². The van der Waals surface area contributed by atoms with E-state index in [0.29, 0.717) is 0 Å². The molecule has 21 heavy (non-hydrogen) atoms. The minimum atomic E-state index is 0.767. The first kappa shape index (κ1) is 13.8. The number of methoxy groups -OCH3 is 1. The summed E-state index contributed by atoms with van der Waals surface area (Å²) < 4.78 is 8.21. The van der Waals surface area contributed by atoms with Crippen LogP contribution in [0.25, 0.3) is 0 Å². The van der Waals surface area contributed by atoms with Gasteiger partial charge in [-0.25, -0.2) is 4.48 Å². The zero-order valence-electron chi connectivity index (χ0n) is 13.0. The molecule has 1 aliphatic rings. The van der Waals surface area contributed by atoms with Crippen LogP contribution < -0.4 is 9.22 Å². The second-order valence-corrected chi connectivity index (χ2v) is 5.97. The van der Waals surface area contributed by atoms with Crippen LogP contribution in [0.15, 0.2) is 47.6 Å². The number of rotatable bonds is 2. The Balaban J connectivity index is 2.19. The number of azo groups is 2. The number of ether oxygens (including phenoxy) is 1. The second kappa shape index (κ2) is 4.97. The summed E-state index contributed by atoms with van der Waals surface area (Å²) in [5.41, 5.74) is 4.55. The number of para-hydroxylation sites is 1. The van der Waals surface area contributed by atoms with Crippen LogP contribution in [0.3, 0.4) is 0 Å². The van der Waals surface area contributed by atoms with Crippen LogP contribution in [0, 0.1) is 6.92 Å². The van der Waals surface area contributed by atoms with Crippen LogP contribution in [0.1, 0.15) is 5.56 Å². The predicted molar refractivity (Wildman–Crippen MR) is 84.7 cm³/mol. The van der Waals surface area contributed by atoms with Gasteiger partial charge in [0.25, 0.3) is 0 Å². The van der Waals surface area contributed by atoms with E-state index in [2.05, 4.69) is 43.9 Å². The highest BCUT2D eigenvalue weighted by Crippen LogP contribution is 2.42. The van der Waals surface area contributed by atoms with Crippen molar-refractivity contribution in [2.75, 3.05) is 27.9 Å². The first-order valence-electron chi connectivity index (χ1n) is 7.08. The molecule has 2 aromatic rings. The fourth-order valence-electron chi connectivity index (χ4n) is 3.02. The van der Waals surface area contributed by atoms with E-state index in [4.69, 9.17) is 9.85 Å². The van der Waals surface area contributed by atoms with E-state index in [9.17, 15) is 0 Å². The first-order chi connectivity index (χ1) is 10.0. The van der Waals surface area contributed by atoms with E-state index in [1.807, 2.05) is 24.3 Å². The van der Waals surface area contributed by atoms with Crippen LogP contribution in [-0.2, 0) is 0 Å². The third kappa shape index (κ3) is 2.43. The molecule has 0 aliphatic carbocycles. The highest BCUT2D eigenvalue weighted by Gasteiger charge is 2.37. The third-order valence-electron chi connectivity index (χ3n) is 3.87. The lowest BCUT2D eigenvalue weighted by atomic mass is 10.1. The molecule has 1 aliphatic heterocycles. The maximum Gasteiger partial charge on any atom is 0.306 e. The molecule has 2 aromatic carbocycles. The lowest BCUT2D eigenvalue weighted by Gasteiger charge is -2.30. The minimum Gasteiger partial charge on any atom is -0.497 e. The SMILES string of the molecule is COc1cc(C)c2c(c1)N=[N+](c1ccccc1)C[N+]2(C)C. The van der Waals surface area contributed by atoms with Gasteiger partial charge in [-0.2, -0.15) is 0 Å². The van der Waals surface area contributed by atoms with Crippen LogP contribution in [0.5, 0.6) is 5.75 Å². The molecule has 0 spiro atoms. The highest BCUT2D eigenvalue weighted by atomic mass is 16.5. The van der Waals surface area contributed by atoms with E-state index >= 15 is 0 Å². The number of nitrogens with zero attached hydrogens (tertiary/aromatic N) is 3. The molecule has 0 aromatic heterocycles. The monoisotopic (exact) mass is 283 g/mol. The fourth-order valence-corrected chi connectivity index (χ4v) is 3.02. The standard InChI is InChI=1S/C17H21N3O/c1-13-10-15(21-4)11-16-17(13)20(2,3)12-19(18-16)14-8-6-5-7-9-14/h5-11H,12H2,1-4H3/q+2. The van der Waals surface area contributed by atoms with Crippen molar-refractivity contribution in [3.63, 3.8) is 0 Å². The zero-order valence-corrected chi connectivity index (χ0v) is 13.0. The summed E-state index contributed by atoms with van der Waals surface area (Å²) in [6.07, 6.45) is 0. The summed E-state index contributed by atoms with van der Waals surface area (Å²) in [5, 5.41) is 4.82. The molecule has 0 N–H and O–H groups in total. The molecule has 1 heterocycles. The van der Waals surface area contributed by atoms with Gasteiger partial charge in [0.2, 0.25) is 5.69 Å². The fraction of sp³-hybridized carbons (Fsp3) is 0.294. The van der Waals surface area contributed by atoms with Crippen molar-refractivity contribution in [3.8, 4) is 5.75 Å². The average Bonchev–Trinajstić information content (AvgIpc) is 2.46. The van der Waals surface area contributed by atoms with E-state index in [1.165, 1.54) is 11.3 Å². The molecule has 3 rings (SSSR count). The highest BCUT2D eigenvalue weighted by molar-refractivity contribution is 5.70. The van der Waals surface area contributed by atoms with Crippen LogP contribution in [0.4, 0.5) is 17.1 Å². The Labute approximate surface area is 125 Å². The molecular weight excluding hydrogens is 262 g/mol. The smallest absolute Gasteiger partial charge is 0.306 e. The maximum absolute atomic E-state index is 5.38. The van der Waals surface area contributed by atoms with Crippen molar-refractivity contribution in [1.29, 1.82) is 0 Å². The largest absolute Gasteiger partial charge is 0.497 e. The van der Waals surface area contributed by atoms with Gasteiger partial charge in [-0.05, 0) is 17.7 Å². The molecule has 4 nitrogen and oxygen atoms in total. The second-order valence-electron chi connectivity index (χ2n) is 5.97. The summed E-state index contributed by atoms with van der Waals surface area (Å²) in [6.45, 7) is 2.93. The number of hydrogen-bond acceptors (Lipinski definition) is 2. The van der Waals surface area contributed by atoms with Gasteiger partial charge in [0.05, 0.1) is 21.2 Å². The van der Waals surface area contributed by atoms with Gasteiger partial charge in [-0.1, -0.05) is 18.2 Å². The molecule has 0 amide bonds. The van der Waals surface area contributed by atoms with Gasteiger partial charge < -0.3 is 4.74 Å². The molecule has 0 saturated heterocycles. The Hall–Kier alpha value is -2.20. The lowest BCUT2D eigenvalue weighted by molar-refractivity contribution is -0.529. The number of benzene rings is 2. The molecule has 108 valence electrons. The van der Waals surface area contributed by atoms with Gasteiger partial charge >= 0.3 is 6.67 Å². The number of fused-ring (bicyclic) bond motifs is 1. The molecule has 0 unspecified atom stereocenters. The quantitative estimate of drug-likeness (QED) is 0.604. The van der Waals surface area contributed by atoms with Crippen molar-refractivity contribution >= 4 is 17.1 Å². The first-order valence-corrected chi connectivity index (χ1v) is 7.08. The molecule has 4 heteroatoms. The van der Waals surface area contributed by atoms with Crippen molar-refractivity contribution in [2.24, 2.45) is 5.11 Å². The zero-order chi connectivity index (χ0) is 15.0. The molecule has 0 saturated carbocycles. The lowest BCUT2D eigenvalue weighted by Crippen LogP contribution is -2.47. The Kier molecular flexibility index (Phi) is 3.26. The van der Waals surface area contributed by atoms with Crippen molar-refractivity contribution in [2.45, 2.75) is 6.92 Å². The Bertz CT molecular complexity index is 705. The average molecular weight is 283 g/mol. The summed E-state index contributed by atoms with van der Waals surface area (Å²) in [5.74, 6) is 0.852. The summed E-state index contributed by atoms with van der Waals surface area (Å²) in [7, 11) is 6.12. The van der Waals surface area contributed by atoms with Crippen molar-refractivity contribution in [1.82, 2.24) is 4.48 Å². The van der Waals surface area contributed by atoms with Gasteiger partial charge in [0.1, 0.15) is 5.75 Å². The van der Waals surface area contributed by atoms with Gasteiger partial charge in [0, 0.05) is 28.9 Å². The Morgan fingerprint density at radius 1 is 1.14 bits per heavy atom. The Morgan fingerprint density at radius 3 is 2.52 bits per heavy atom. The predicted octanol–water partition coefficient (Wildman–Crippen LogP) is 3.97. The van der Waals surface area contributed by atoms with E-state index < -0.39 is 0 Å². The van der Waals surface area contributed by atoms with Crippen LogP contribution in [0.2, 0.25) is 0 Å². The van der Waals surface area contributed by atoms with E-state index in [-0.39, 0.29) is 0 Å². The third-order valence-corrected chi connectivity index (χ3v) is 3.87. The van der Waals surface area contributed by atoms with E-state index in [1.54, 1.807) is 7.11 Å². The number of aryl methyl sites for hydroxylation is 1.